The summed E-state index contributed by atoms with van der Waals surface area (Å²) in [5, 5.41) is 14.2. The Balaban J connectivity index is 2.74. The molecule has 0 aliphatic carbocycles. The van der Waals surface area contributed by atoms with Gasteiger partial charge < -0.3 is 4.18 Å². The average Bonchev–Trinajstić information content (AvgIpc) is 2.72. The first-order chi connectivity index (χ1) is 10.5. The molecule has 0 bridgehead atoms. The molecule has 0 saturated carbocycles. The van der Waals surface area contributed by atoms with E-state index in [0.29, 0.717) is 0 Å². The fraction of sp³-hybridized carbons (Fsp3) is 0.200. The number of halogens is 3. The lowest BCUT2D eigenvalue weighted by Crippen LogP contribution is -2.28. The van der Waals surface area contributed by atoms with Crippen LogP contribution in [-0.4, -0.2) is 33.6 Å². The number of aromatic nitrogens is 3. The predicted molar refractivity (Wildman–Crippen MR) is 70.9 cm³/mol. The van der Waals surface area contributed by atoms with Gasteiger partial charge in [-0.15, -0.1) is 5.10 Å². The van der Waals surface area contributed by atoms with Gasteiger partial charge in [0.25, 0.3) is 5.88 Å². The molecule has 0 saturated heterocycles. The molecule has 2 rings (SSSR count). The monoisotopic (exact) mass is 352 g/mol. The van der Waals surface area contributed by atoms with Crippen LogP contribution in [0.2, 0.25) is 0 Å². The Hall–Kier alpha value is -2.70. The van der Waals surface area contributed by atoms with Crippen LogP contribution in [0, 0.1) is 10.1 Å². The molecular weight excluding hydrogens is 345 g/mol. The van der Waals surface area contributed by atoms with Gasteiger partial charge in [0.15, 0.2) is 5.52 Å². The molecule has 23 heavy (non-hydrogen) atoms. The molecular formula is C10H7F3N4O5S. The quantitative estimate of drug-likeness (QED) is 0.356. The van der Waals surface area contributed by atoms with Gasteiger partial charge in [0.1, 0.15) is 5.69 Å². The number of nitrogens with zero attached hydrogens (tertiary/aromatic N) is 4. The van der Waals surface area contributed by atoms with Crippen molar-refractivity contribution in [1.82, 2.24) is 14.8 Å². The second-order valence-corrected chi connectivity index (χ2v) is 5.67. The van der Waals surface area contributed by atoms with E-state index >= 15 is 0 Å². The smallest absolute Gasteiger partial charge is 0.353 e. The molecule has 2 aromatic rings. The molecule has 0 amide bonds. The minimum absolute atomic E-state index is 0.157. The van der Waals surface area contributed by atoms with E-state index in [1.165, 1.54) is 7.05 Å². The minimum Gasteiger partial charge on any atom is -0.353 e. The summed E-state index contributed by atoms with van der Waals surface area (Å²) in [6.07, 6.45) is 1.98. The molecule has 0 aromatic carbocycles. The van der Waals surface area contributed by atoms with Crippen LogP contribution in [0.3, 0.4) is 0 Å². The van der Waals surface area contributed by atoms with Gasteiger partial charge in [0, 0.05) is 13.2 Å². The van der Waals surface area contributed by atoms with E-state index < -0.39 is 32.1 Å². The Morgan fingerprint density at radius 1 is 1.48 bits per heavy atom. The van der Waals surface area contributed by atoms with E-state index in [-0.39, 0.29) is 16.6 Å². The number of nitro groups is 1. The van der Waals surface area contributed by atoms with Gasteiger partial charge in [-0.1, -0.05) is 6.58 Å². The lowest BCUT2D eigenvalue weighted by molar-refractivity contribution is -0.383. The third-order valence-electron chi connectivity index (χ3n) is 2.70. The number of alkyl halides is 3. The van der Waals surface area contributed by atoms with Crippen molar-refractivity contribution in [2.45, 2.75) is 5.51 Å². The lowest BCUT2D eigenvalue weighted by atomic mass is 10.2. The number of hydrogen-bond donors (Lipinski definition) is 0. The summed E-state index contributed by atoms with van der Waals surface area (Å²) < 4.78 is 64.0. The van der Waals surface area contributed by atoms with Crippen molar-refractivity contribution in [2.24, 2.45) is 7.05 Å². The fourth-order valence-corrected chi connectivity index (χ4v) is 2.20. The highest BCUT2D eigenvalue weighted by atomic mass is 32.2. The summed E-state index contributed by atoms with van der Waals surface area (Å²) >= 11 is 0. The van der Waals surface area contributed by atoms with Crippen LogP contribution in [0.1, 0.15) is 5.69 Å². The van der Waals surface area contributed by atoms with Crippen LogP contribution in [0.25, 0.3) is 17.0 Å². The molecule has 124 valence electrons. The summed E-state index contributed by atoms with van der Waals surface area (Å²) in [7, 11) is -4.80. The van der Waals surface area contributed by atoms with Crippen molar-refractivity contribution < 1.29 is 30.7 Å². The van der Waals surface area contributed by atoms with E-state index in [4.69, 9.17) is 0 Å². The highest BCUT2D eigenvalue weighted by Crippen LogP contribution is 2.35. The van der Waals surface area contributed by atoms with Gasteiger partial charge in [-0.3, -0.25) is 14.8 Å². The maximum absolute atomic E-state index is 12.4. The molecule has 9 nitrogen and oxygen atoms in total. The Morgan fingerprint density at radius 2 is 2.09 bits per heavy atom. The number of pyridine rings is 1. The molecule has 0 atom stereocenters. The SMILES string of the molecule is C=Cc1ncc2c(OS(=O)(=O)C(F)(F)F)nn(C)c2c1[N+](=O)[O-]. The first-order valence-electron chi connectivity index (χ1n) is 5.63. The maximum Gasteiger partial charge on any atom is 0.534 e. The first-order valence-corrected chi connectivity index (χ1v) is 7.03. The van der Waals surface area contributed by atoms with E-state index in [2.05, 4.69) is 20.8 Å². The zero-order valence-corrected chi connectivity index (χ0v) is 12.1. The topological polar surface area (TPSA) is 117 Å². The molecule has 0 aliphatic rings. The zero-order chi connectivity index (χ0) is 17.6. The summed E-state index contributed by atoms with van der Waals surface area (Å²) in [5.74, 6) is -0.967. The second-order valence-electron chi connectivity index (χ2n) is 4.13. The molecule has 0 unspecified atom stereocenters. The number of rotatable bonds is 4. The van der Waals surface area contributed by atoms with Crippen molar-refractivity contribution in [3.8, 4) is 5.88 Å². The van der Waals surface area contributed by atoms with Crippen molar-refractivity contribution in [3.05, 3.63) is 28.6 Å². The van der Waals surface area contributed by atoms with Crippen LogP contribution in [0.5, 0.6) is 5.88 Å². The molecule has 2 aromatic heterocycles. The molecule has 0 N–H and O–H groups in total. The van der Waals surface area contributed by atoms with Gasteiger partial charge >= 0.3 is 21.3 Å². The molecule has 0 fully saturated rings. The summed E-state index contributed by atoms with van der Waals surface area (Å²) in [6, 6.07) is 0. The molecule has 0 spiro atoms. The largest absolute Gasteiger partial charge is 0.534 e. The van der Waals surface area contributed by atoms with Gasteiger partial charge in [0.2, 0.25) is 0 Å². The summed E-state index contributed by atoms with van der Waals surface area (Å²) in [4.78, 5) is 13.9. The van der Waals surface area contributed by atoms with Crippen LogP contribution in [0.4, 0.5) is 18.9 Å². The third-order valence-corrected chi connectivity index (χ3v) is 3.64. The van der Waals surface area contributed by atoms with Crippen LogP contribution < -0.4 is 4.18 Å². The third kappa shape index (κ3) is 2.69. The van der Waals surface area contributed by atoms with Crippen molar-refractivity contribution in [2.75, 3.05) is 0 Å². The van der Waals surface area contributed by atoms with Gasteiger partial charge in [-0.05, 0) is 6.08 Å². The molecule has 0 aliphatic heterocycles. The molecule has 13 heteroatoms. The normalized spacial score (nSPS) is 12.3. The number of hydrogen-bond acceptors (Lipinski definition) is 7. The van der Waals surface area contributed by atoms with Crippen molar-refractivity contribution in [1.29, 1.82) is 0 Å². The van der Waals surface area contributed by atoms with Crippen LogP contribution >= 0.6 is 0 Å². The predicted octanol–water partition coefficient (Wildman–Crippen LogP) is 1.75. The highest BCUT2D eigenvalue weighted by molar-refractivity contribution is 7.88. The van der Waals surface area contributed by atoms with E-state index in [1.807, 2.05) is 0 Å². The number of fused-ring (bicyclic) bond motifs is 1. The second kappa shape index (κ2) is 5.19. The number of aryl methyl sites for hydroxylation is 1. The Kier molecular flexibility index (Phi) is 3.76. The first kappa shape index (κ1) is 16.7. The Labute approximate surface area is 126 Å². The Morgan fingerprint density at radius 3 is 2.57 bits per heavy atom. The van der Waals surface area contributed by atoms with E-state index in [1.54, 1.807) is 0 Å². The fourth-order valence-electron chi connectivity index (χ4n) is 1.77. The van der Waals surface area contributed by atoms with Crippen molar-refractivity contribution in [3.63, 3.8) is 0 Å². The highest BCUT2D eigenvalue weighted by Gasteiger charge is 2.49. The average molecular weight is 352 g/mol. The van der Waals surface area contributed by atoms with Gasteiger partial charge in [-0.2, -0.15) is 21.6 Å². The maximum atomic E-state index is 12.4. The summed E-state index contributed by atoms with van der Waals surface area (Å²) in [5.41, 5.74) is -6.67. The summed E-state index contributed by atoms with van der Waals surface area (Å²) in [6.45, 7) is 3.34. The minimum atomic E-state index is -5.97. The zero-order valence-electron chi connectivity index (χ0n) is 11.2. The van der Waals surface area contributed by atoms with E-state index in [9.17, 15) is 31.7 Å². The van der Waals surface area contributed by atoms with Crippen LogP contribution in [0.15, 0.2) is 12.8 Å². The van der Waals surface area contributed by atoms with Gasteiger partial charge in [-0.25, -0.2) is 4.98 Å². The van der Waals surface area contributed by atoms with Gasteiger partial charge in [0.05, 0.1) is 10.3 Å². The lowest BCUT2D eigenvalue weighted by Gasteiger charge is -2.07. The molecule has 0 radical (unpaired) electrons. The van der Waals surface area contributed by atoms with E-state index in [0.717, 1.165) is 17.0 Å². The standard InChI is InChI=1S/C10H7F3N4O5S/c1-3-6-8(17(18)19)7-5(4-14-6)9(15-16(7)2)22-23(20,21)10(11,12)13/h3-4H,1H2,2H3. The van der Waals surface area contributed by atoms with Crippen LogP contribution in [-0.2, 0) is 17.2 Å². The molecule has 2 heterocycles. The Bertz CT molecular complexity index is 919. The van der Waals surface area contributed by atoms with Crippen molar-refractivity contribution >= 4 is 32.8 Å².